The van der Waals surface area contributed by atoms with Crippen LogP contribution in [0.3, 0.4) is 0 Å². The highest BCUT2D eigenvalue weighted by molar-refractivity contribution is 6.43. The van der Waals surface area contributed by atoms with Crippen molar-refractivity contribution in [1.29, 1.82) is 0 Å². The van der Waals surface area contributed by atoms with E-state index in [4.69, 9.17) is 0 Å². The van der Waals surface area contributed by atoms with Gasteiger partial charge in [-0.05, 0) is 74.7 Å². The lowest BCUT2D eigenvalue weighted by atomic mass is 9.82. The summed E-state index contributed by atoms with van der Waals surface area (Å²) in [5, 5.41) is 21.1. The van der Waals surface area contributed by atoms with E-state index >= 15 is 0 Å². The summed E-state index contributed by atoms with van der Waals surface area (Å²) in [6.07, 6.45) is 10.6. The van der Waals surface area contributed by atoms with Gasteiger partial charge in [0.1, 0.15) is 23.8 Å². The minimum absolute atomic E-state index is 0.0371. The second-order valence-electron chi connectivity index (χ2n) is 14.7. The molecule has 1 saturated heterocycles. The topological polar surface area (TPSA) is 186 Å². The standard InChI is InChI=1S/C35H52N6O7/c1-6-18-36-24(7-2)29(43)38-25(20-12-9-8-10-13-20)30(44)39-28(35(3,4)5)34(48)41-19-21-14-11-15-23(21)26(41)31(45)40-33(47)27(42)32(46)37-22-16-17-22/h6-7,18,20-23,25-26,28,33,47H,2,8-17,19H2,1,3-5H3,(H,37,46)(H,38,43)(H,39,44)(H,40,45)/b18-6-,36-24?/t21-,23-,25-,26?,28?,33?/m0/s1. The number of amides is 5. The molecule has 13 heteroatoms. The van der Waals surface area contributed by atoms with Crippen LogP contribution in [0.4, 0.5) is 0 Å². The molecular weight excluding hydrogens is 616 g/mol. The first-order chi connectivity index (χ1) is 22.8. The Hall–Kier alpha value is -3.87. The van der Waals surface area contributed by atoms with Crippen molar-refractivity contribution in [2.45, 2.75) is 122 Å². The summed E-state index contributed by atoms with van der Waals surface area (Å²) < 4.78 is 0. The van der Waals surface area contributed by atoms with Gasteiger partial charge in [0.15, 0.2) is 6.23 Å². The first-order valence-electron chi connectivity index (χ1n) is 17.3. The number of ketones is 1. The van der Waals surface area contributed by atoms with Crippen molar-refractivity contribution in [2.24, 2.45) is 28.2 Å². The van der Waals surface area contributed by atoms with Crippen molar-refractivity contribution in [2.75, 3.05) is 6.54 Å². The lowest BCUT2D eigenvalue weighted by Crippen LogP contribution is -2.62. The molecule has 0 spiro atoms. The Morgan fingerprint density at radius 1 is 0.896 bits per heavy atom. The number of allylic oxidation sites excluding steroid dienone is 1. The highest BCUT2D eigenvalue weighted by Crippen LogP contribution is 2.43. The Kier molecular flexibility index (Phi) is 12.3. The van der Waals surface area contributed by atoms with E-state index in [1.807, 2.05) is 20.8 Å². The zero-order chi connectivity index (χ0) is 35.2. The van der Waals surface area contributed by atoms with Gasteiger partial charge in [0.05, 0.1) is 0 Å². The molecule has 4 rings (SSSR count). The first-order valence-corrected chi connectivity index (χ1v) is 17.3. The number of nitrogens with one attached hydrogen (secondary N) is 4. The molecule has 6 atom stereocenters. The van der Waals surface area contributed by atoms with Crippen molar-refractivity contribution in [3.8, 4) is 0 Å². The van der Waals surface area contributed by atoms with E-state index in [1.165, 1.54) is 17.2 Å². The fourth-order valence-corrected chi connectivity index (χ4v) is 7.25. The molecule has 13 nitrogen and oxygen atoms in total. The summed E-state index contributed by atoms with van der Waals surface area (Å²) in [5.41, 5.74) is -0.726. The zero-order valence-corrected chi connectivity index (χ0v) is 28.6. The van der Waals surface area contributed by atoms with Gasteiger partial charge >= 0.3 is 0 Å². The van der Waals surface area contributed by atoms with Gasteiger partial charge in [-0.3, -0.25) is 33.8 Å². The average molecular weight is 669 g/mol. The number of carbonyl (C=O) groups excluding carboxylic acids is 6. The Bertz CT molecular complexity index is 1330. The molecule has 48 heavy (non-hydrogen) atoms. The molecule has 5 amide bonds. The predicted molar refractivity (Wildman–Crippen MR) is 179 cm³/mol. The number of likely N-dealkylation sites (tertiary alicyclic amines) is 1. The highest BCUT2D eigenvalue weighted by atomic mass is 16.3. The summed E-state index contributed by atoms with van der Waals surface area (Å²) in [6.45, 7) is 11.2. The second-order valence-corrected chi connectivity index (χ2v) is 14.7. The molecule has 1 heterocycles. The number of aliphatic hydroxyl groups excluding tert-OH is 1. The maximum atomic E-state index is 14.4. The molecule has 0 aromatic heterocycles. The normalized spacial score (nSPS) is 25.1. The van der Waals surface area contributed by atoms with Gasteiger partial charge in [-0.25, -0.2) is 0 Å². The first kappa shape index (κ1) is 37.0. The quantitative estimate of drug-likeness (QED) is 0.112. The molecule has 264 valence electrons. The summed E-state index contributed by atoms with van der Waals surface area (Å²) in [7, 11) is 0. The average Bonchev–Trinajstić information content (AvgIpc) is 3.61. The summed E-state index contributed by atoms with van der Waals surface area (Å²) in [4.78, 5) is 85.7. The third-order valence-corrected chi connectivity index (χ3v) is 9.98. The van der Waals surface area contributed by atoms with E-state index in [1.54, 1.807) is 13.0 Å². The maximum absolute atomic E-state index is 14.4. The van der Waals surface area contributed by atoms with E-state index < -0.39 is 65.1 Å². The van der Waals surface area contributed by atoms with E-state index in [0.29, 0.717) is 6.42 Å². The van der Waals surface area contributed by atoms with Gasteiger partial charge in [-0.2, -0.15) is 0 Å². The predicted octanol–water partition coefficient (Wildman–Crippen LogP) is 1.65. The molecule has 1 aliphatic heterocycles. The van der Waals surface area contributed by atoms with E-state index in [2.05, 4.69) is 32.8 Å². The van der Waals surface area contributed by atoms with Crippen molar-refractivity contribution >= 4 is 41.0 Å². The molecule has 5 N–H and O–H groups in total. The van der Waals surface area contributed by atoms with Gasteiger partial charge in [-0.15, -0.1) is 0 Å². The molecule has 3 aliphatic carbocycles. The number of fused-ring (bicyclic) bond motifs is 1. The largest absolute Gasteiger partial charge is 0.367 e. The highest BCUT2D eigenvalue weighted by Gasteiger charge is 2.52. The Balaban J connectivity index is 1.55. The second kappa shape index (κ2) is 16.0. The lowest BCUT2D eigenvalue weighted by molar-refractivity contribution is -0.149. The van der Waals surface area contributed by atoms with Crippen molar-refractivity contribution in [3.63, 3.8) is 0 Å². The van der Waals surface area contributed by atoms with Crippen LogP contribution in [0.5, 0.6) is 0 Å². The Morgan fingerprint density at radius 2 is 1.58 bits per heavy atom. The van der Waals surface area contributed by atoms with Gasteiger partial charge < -0.3 is 31.3 Å². The van der Waals surface area contributed by atoms with Crippen LogP contribution in [0, 0.1) is 23.2 Å². The number of aliphatic hydroxyl groups is 1. The third kappa shape index (κ3) is 8.97. The molecule has 4 aliphatic rings. The molecule has 3 saturated carbocycles. The van der Waals surface area contributed by atoms with Crippen LogP contribution in [0.25, 0.3) is 0 Å². The summed E-state index contributed by atoms with van der Waals surface area (Å²) >= 11 is 0. The van der Waals surface area contributed by atoms with Crippen LogP contribution in [0.2, 0.25) is 0 Å². The minimum atomic E-state index is -2.05. The van der Waals surface area contributed by atoms with Gasteiger partial charge in [0.25, 0.3) is 17.6 Å². The fourth-order valence-electron chi connectivity index (χ4n) is 7.25. The van der Waals surface area contributed by atoms with Gasteiger partial charge in [-0.1, -0.05) is 59.1 Å². The number of nitrogens with zero attached hydrogens (tertiary/aromatic N) is 2. The Morgan fingerprint density at radius 3 is 2.19 bits per heavy atom. The number of hydrogen-bond donors (Lipinski definition) is 5. The van der Waals surface area contributed by atoms with Crippen molar-refractivity contribution < 1.29 is 33.9 Å². The van der Waals surface area contributed by atoms with Gasteiger partial charge in [0, 0.05) is 18.8 Å². The number of hydrogen-bond acceptors (Lipinski definition) is 8. The molecule has 4 fully saturated rings. The molecular formula is C35H52N6O7. The molecule has 0 radical (unpaired) electrons. The lowest BCUT2D eigenvalue weighted by Gasteiger charge is -2.38. The zero-order valence-electron chi connectivity index (χ0n) is 28.6. The van der Waals surface area contributed by atoms with E-state index in [9.17, 15) is 33.9 Å². The smallest absolute Gasteiger partial charge is 0.292 e. The van der Waals surface area contributed by atoms with Crippen LogP contribution in [0.15, 0.2) is 29.9 Å². The molecule has 0 bridgehead atoms. The number of rotatable bonds is 13. The SMILES string of the molecule is C=CC(=N/C=C\C)C(=O)N[C@H](C(=O)NC(C(=O)N1C[C@@H]2CCC[C@@H]2C1C(=O)NC(O)C(=O)C(=O)NC1CC1)C(C)(C)C)C1CCCCC1. The molecule has 0 aromatic rings. The van der Waals surface area contributed by atoms with Crippen LogP contribution in [0.1, 0.15) is 91.9 Å². The fraction of sp³-hybridized carbons (Fsp3) is 0.686. The number of aliphatic imine (C=N–C) groups is 1. The van der Waals surface area contributed by atoms with Crippen LogP contribution < -0.4 is 21.3 Å². The van der Waals surface area contributed by atoms with Gasteiger partial charge in [0.2, 0.25) is 17.7 Å². The van der Waals surface area contributed by atoms with E-state index in [-0.39, 0.29) is 36.1 Å². The number of Topliss-reactive ketones (excluding diaryl/α,β-unsaturated/α-hetero) is 1. The summed E-state index contributed by atoms with van der Waals surface area (Å²) in [6, 6.07) is -3.08. The van der Waals surface area contributed by atoms with E-state index in [0.717, 1.165) is 57.8 Å². The van der Waals surface area contributed by atoms with Crippen LogP contribution in [-0.4, -0.2) is 88.0 Å². The monoisotopic (exact) mass is 668 g/mol. The molecule has 0 aromatic carbocycles. The van der Waals surface area contributed by atoms with Crippen molar-refractivity contribution in [3.05, 3.63) is 24.9 Å². The minimum Gasteiger partial charge on any atom is -0.367 e. The van der Waals surface area contributed by atoms with Crippen molar-refractivity contribution in [1.82, 2.24) is 26.2 Å². The van der Waals surface area contributed by atoms with Crippen LogP contribution in [-0.2, 0) is 28.8 Å². The number of carbonyl (C=O) groups is 6. The maximum Gasteiger partial charge on any atom is 0.292 e. The van der Waals surface area contributed by atoms with Crippen LogP contribution >= 0.6 is 0 Å². The molecule has 3 unspecified atom stereocenters. The Labute approximate surface area is 282 Å². The summed E-state index contributed by atoms with van der Waals surface area (Å²) in [5.74, 6) is -4.67. The third-order valence-electron chi connectivity index (χ3n) is 9.98.